The lowest BCUT2D eigenvalue weighted by Gasteiger charge is -2.12. The monoisotopic (exact) mass is 292 g/mol. The molecule has 0 radical (unpaired) electrons. The summed E-state index contributed by atoms with van der Waals surface area (Å²) in [5.41, 5.74) is 5.64. The van der Waals surface area contributed by atoms with Crippen molar-refractivity contribution in [2.75, 3.05) is 0 Å². The quantitative estimate of drug-likeness (QED) is 0.713. The van der Waals surface area contributed by atoms with Crippen molar-refractivity contribution in [1.82, 2.24) is 9.78 Å². The van der Waals surface area contributed by atoms with Gasteiger partial charge in [0.1, 0.15) is 12.4 Å². The van der Waals surface area contributed by atoms with E-state index in [9.17, 15) is 0 Å². The van der Waals surface area contributed by atoms with Crippen LogP contribution in [0.15, 0.2) is 54.7 Å². The average Bonchev–Trinajstić information content (AvgIpc) is 2.94. The Morgan fingerprint density at radius 1 is 0.955 bits per heavy atom. The third-order valence-electron chi connectivity index (χ3n) is 3.79. The largest absolute Gasteiger partial charge is 0.489 e. The van der Waals surface area contributed by atoms with Crippen LogP contribution in [0.5, 0.6) is 5.75 Å². The fourth-order valence-corrected chi connectivity index (χ4v) is 2.42. The van der Waals surface area contributed by atoms with Gasteiger partial charge < -0.3 is 4.74 Å². The molecule has 22 heavy (non-hydrogen) atoms. The molecule has 0 bridgehead atoms. The molecule has 0 saturated heterocycles. The lowest BCUT2D eigenvalue weighted by Crippen LogP contribution is -2.00. The second-order valence-corrected chi connectivity index (χ2v) is 5.57. The predicted molar refractivity (Wildman–Crippen MR) is 88.5 cm³/mol. The maximum Gasteiger partial charge on any atom is 0.122 e. The summed E-state index contributed by atoms with van der Waals surface area (Å²) >= 11 is 0. The first-order valence-electron chi connectivity index (χ1n) is 7.44. The van der Waals surface area contributed by atoms with Crippen molar-refractivity contribution in [1.29, 1.82) is 0 Å². The molecule has 3 rings (SSSR count). The van der Waals surface area contributed by atoms with E-state index in [2.05, 4.69) is 37.1 Å². The highest BCUT2D eigenvalue weighted by Crippen LogP contribution is 2.22. The topological polar surface area (TPSA) is 27.1 Å². The number of aromatic nitrogens is 2. The second-order valence-electron chi connectivity index (χ2n) is 5.57. The first kappa shape index (κ1) is 14.4. The molecule has 0 aliphatic heterocycles. The third-order valence-corrected chi connectivity index (χ3v) is 3.79. The Bertz CT molecular complexity index is 790. The molecule has 1 aromatic heterocycles. The number of benzene rings is 2. The first-order chi connectivity index (χ1) is 10.6. The van der Waals surface area contributed by atoms with E-state index in [1.807, 2.05) is 48.1 Å². The average molecular weight is 292 g/mol. The lowest BCUT2D eigenvalue weighted by molar-refractivity contribution is 0.303. The Balaban J connectivity index is 1.77. The number of ether oxygens (including phenoxy) is 1. The first-order valence-corrected chi connectivity index (χ1v) is 7.44. The van der Waals surface area contributed by atoms with E-state index < -0.39 is 0 Å². The number of rotatable bonds is 4. The number of hydrogen-bond acceptors (Lipinski definition) is 2. The molecule has 3 aromatic rings. The molecule has 0 N–H and O–H groups in total. The van der Waals surface area contributed by atoms with Crippen LogP contribution in [-0.4, -0.2) is 9.78 Å². The Kier molecular flexibility index (Phi) is 3.96. The molecule has 0 atom stereocenters. The van der Waals surface area contributed by atoms with Crippen LogP contribution in [0, 0.1) is 20.8 Å². The number of aryl methyl sites for hydroxylation is 3. The fourth-order valence-electron chi connectivity index (χ4n) is 2.42. The molecule has 0 aliphatic rings. The third kappa shape index (κ3) is 3.03. The zero-order chi connectivity index (χ0) is 15.5. The maximum atomic E-state index is 5.97. The van der Waals surface area contributed by atoms with Crippen molar-refractivity contribution in [2.45, 2.75) is 27.4 Å². The predicted octanol–water partition coefficient (Wildman–Crippen LogP) is 4.38. The Morgan fingerprint density at radius 2 is 1.77 bits per heavy atom. The molecule has 0 unspecified atom stereocenters. The van der Waals surface area contributed by atoms with Crippen molar-refractivity contribution in [3.8, 4) is 11.4 Å². The number of hydrogen-bond donors (Lipinski definition) is 0. The second kappa shape index (κ2) is 6.06. The van der Waals surface area contributed by atoms with Gasteiger partial charge in [0.25, 0.3) is 0 Å². The molecule has 0 spiro atoms. The normalized spacial score (nSPS) is 10.7. The van der Waals surface area contributed by atoms with Gasteiger partial charge in [0.15, 0.2) is 0 Å². The van der Waals surface area contributed by atoms with Gasteiger partial charge in [-0.25, -0.2) is 4.68 Å². The van der Waals surface area contributed by atoms with E-state index in [1.165, 1.54) is 11.1 Å². The maximum absolute atomic E-state index is 5.97. The van der Waals surface area contributed by atoms with Gasteiger partial charge in [-0.15, -0.1) is 0 Å². The van der Waals surface area contributed by atoms with Crippen LogP contribution < -0.4 is 4.74 Å². The summed E-state index contributed by atoms with van der Waals surface area (Å²) in [6.07, 6.45) is 1.97. The van der Waals surface area contributed by atoms with Crippen molar-refractivity contribution in [3.05, 3.63) is 77.1 Å². The van der Waals surface area contributed by atoms with Gasteiger partial charge in [-0.05, 0) is 61.7 Å². The summed E-state index contributed by atoms with van der Waals surface area (Å²) in [5.74, 6) is 0.913. The van der Waals surface area contributed by atoms with E-state index >= 15 is 0 Å². The van der Waals surface area contributed by atoms with Gasteiger partial charge >= 0.3 is 0 Å². The molecule has 0 fully saturated rings. The van der Waals surface area contributed by atoms with Crippen molar-refractivity contribution < 1.29 is 4.74 Å². The lowest BCUT2D eigenvalue weighted by atomic mass is 10.1. The van der Waals surface area contributed by atoms with Crippen LogP contribution >= 0.6 is 0 Å². The van der Waals surface area contributed by atoms with Crippen molar-refractivity contribution in [2.24, 2.45) is 0 Å². The van der Waals surface area contributed by atoms with Crippen LogP contribution in [0.1, 0.15) is 22.4 Å². The Hall–Kier alpha value is -2.55. The molecular formula is C19H20N2O. The van der Waals surface area contributed by atoms with E-state index in [4.69, 9.17) is 4.74 Å². The van der Waals surface area contributed by atoms with Crippen LogP contribution in [0.25, 0.3) is 5.69 Å². The summed E-state index contributed by atoms with van der Waals surface area (Å²) in [7, 11) is 0. The molecule has 3 heteroatoms. The highest BCUT2D eigenvalue weighted by Gasteiger charge is 2.05. The SMILES string of the molecule is Cc1ccn(-c2ccc(OCc3ccccc3C)c(C)c2)n1. The standard InChI is InChI=1S/C19H20N2O/c1-14-6-4-5-7-17(14)13-22-19-9-8-18(12-15(19)2)21-11-10-16(3)20-21/h4-12H,13H2,1-3H3. The van der Waals surface area contributed by atoms with Crippen molar-refractivity contribution >= 4 is 0 Å². The summed E-state index contributed by atoms with van der Waals surface area (Å²) in [4.78, 5) is 0. The molecule has 0 saturated carbocycles. The summed E-state index contributed by atoms with van der Waals surface area (Å²) in [5, 5.41) is 4.43. The molecular weight excluding hydrogens is 272 g/mol. The van der Waals surface area contributed by atoms with Crippen LogP contribution in [0.3, 0.4) is 0 Å². The van der Waals surface area contributed by atoms with Gasteiger partial charge in [-0.2, -0.15) is 5.10 Å². The highest BCUT2D eigenvalue weighted by atomic mass is 16.5. The van der Waals surface area contributed by atoms with Gasteiger partial charge in [0.05, 0.1) is 11.4 Å². The minimum atomic E-state index is 0.591. The zero-order valence-electron chi connectivity index (χ0n) is 13.2. The smallest absolute Gasteiger partial charge is 0.122 e. The molecule has 2 aromatic carbocycles. The van der Waals surface area contributed by atoms with Gasteiger partial charge in [0.2, 0.25) is 0 Å². The van der Waals surface area contributed by atoms with Crippen LogP contribution in [-0.2, 0) is 6.61 Å². The number of nitrogens with zero attached hydrogens (tertiary/aromatic N) is 2. The van der Waals surface area contributed by atoms with Crippen LogP contribution in [0.2, 0.25) is 0 Å². The fraction of sp³-hybridized carbons (Fsp3) is 0.211. The molecule has 3 nitrogen and oxygen atoms in total. The van der Waals surface area contributed by atoms with Crippen molar-refractivity contribution in [3.63, 3.8) is 0 Å². The van der Waals surface area contributed by atoms with E-state index in [0.29, 0.717) is 6.61 Å². The summed E-state index contributed by atoms with van der Waals surface area (Å²) in [6.45, 7) is 6.75. The molecule has 0 aliphatic carbocycles. The van der Waals surface area contributed by atoms with Gasteiger partial charge in [-0.3, -0.25) is 0 Å². The van der Waals surface area contributed by atoms with E-state index in [0.717, 1.165) is 22.7 Å². The zero-order valence-corrected chi connectivity index (χ0v) is 13.2. The van der Waals surface area contributed by atoms with E-state index in [-0.39, 0.29) is 0 Å². The summed E-state index contributed by atoms with van der Waals surface area (Å²) in [6, 6.07) is 16.4. The molecule has 112 valence electrons. The Morgan fingerprint density at radius 3 is 2.45 bits per heavy atom. The highest BCUT2D eigenvalue weighted by molar-refractivity contribution is 5.43. The van der Waals surface area contributed by atoms with Crippen LogP contribution in [0.4, 0.5) is 0 Å². The minimum Gasteiger partial charge on any atom is -0.489 e. The molecule has 1 heterocycles. The van der Waals surface area contributed by atoms with Gasteiger partial charge in [-0.1, -0.05) is 24.3 Å². The molecule has 0 amide bonds. The van der Waals surface area contributed by atoms with E-state index in [1.54, 1.807) is 0 Å². The van der Waals surface area contributed by atoms with Gasteiger partial charge in [0, 0.05) is 6.20 Å². The summed E-state index contributed by atoms with van der Waals surface area (Å²) < 4.78 is 7.85. The minimum absolute atomic E-state index is 0.591. The Labute approximate surface area is 131 Å².